The van der Waals surface area contributed by atoms with Gasteiger partial charge in [0.25, 0.3) is 5.91 Å². The Hall–Kier alpha value is -3.88. The number of amides is 1. The van der Waals surface area contributed by atoms with Crippen molar-refractivity contribution < 1.29 is 23.4 Å². The number of fused-ring (bicyclic) bond motifs is 1. The molecule has 0 saturated carbocycles. The molecule has 0 aliphatic carbocycles. The van der Waals surface area contributed by atoms with Crippen LogP contribution < -0.4 is 19.1 Å². The SMILES string of the molecule is CC(Oc1ccc2c(c1)OCO2)C(=O)N1CCN(c2ccc(-c3ccc(F)cc3)nn2)CC1. The summed E-state index contributed by atoms with van der Waals surface area (Å²) in [5.41, 5.74) is 1.49. The molecule has 1 fully saturated rings. The van der Waals surface area contributed by atoms with Gasteiger partial charge in [-0.15, -0.1) is 10.2 Å². The van der Waals surface area contributed by atoms with Gasteiger partial charge < -0.3 is 24.0 Å². The maximum atomic E-state index is 13.1. The molecule has 1 saturated heterocycles. The van der Waals surface area contributed by atoms with Crippen molar-refractivity contribution in [3.05, 3.63) is 60.4 Å². The molecule has 0 spiro atoms. The molecular weight excluding hydrogens is 427 g/mol. The summed E-state index contributed by atoms with van der Waals surface area (Å²) in [5, 5.41) is 8.60. The monoisotopic (exact) mass is 450 g/mol. The normalized spacial score (nSPS) is 15.9. The lowest BCUT2D eigenvalue weighted by atomic mass is 10.1. The van der Waals surface area contributed by atoms with Crippen molar-refractivity contribution >= 4 is 11.7 Å². The van der Waals surface area contributed by atoms with Crippen LogP contribution in [-0.2, 0) is 4.79 Å². The Balaban J connectivity index is 1.15. The van der Waals surface area contributed by atoms with Crippen LogP contribution in [0.2, 0.25) is 0 Å². The number of benzene rings is 2. The fourth-order valence-electron chi connectivity index (χ4n) is 3.89. The number of carbonyl (C=O) groups excluding carboxylic acids is 1. The van der Waals surface area contributed by atoms with E-state index in [-0.39, 0.29) is 18.5 Å². The molecule has 3 aromatic rings. The molecule has 1 aromatic heterocycles. The van der Waals surface area contributed by atoms with Crippen molar-refractivity contribution in [1.82, 2.24) is 15.1 Å². The number of nitrogens with zero attached hydrogens (tertiary/aromatic N) is 4. The number of aromatic nitrogens is 2. The summed E-state index contributed by atoms with van der Waals surface area (Å²) in [6.45, 7) is 4.36. The van der Waals surface area contributed by atoms with Crippen LogP contribution in [0.5, 0.6) is 17.2 Å². The van der Waals surface area contributed by atoms with Gasteiger partial charge in [0.1, 0.15) is 11.6 Å². The third-order valence-electron chi connectivity index (χ3n) is 5.71. The topological polar surface area (TPSA) is 77.0 Å². The van der Waals surface area contributed by atoms with E-state index in [1.54, 1.807) is 42.2 Å². The smallest absolute Gasteiger partial charge is 0.263 e. The molecule has 2 aliphatic rings. The molecule has 0 N–H and O–H groups in total. The zero-order valence-electron chi connectivity index (χ0n) is 18.1. The predicted molar refractivity (Wildman–Crippen MR) is 119 cm³/mol. The van der Waals surface area contributed by atoms with Gasteiger partial charge in [-0.2, -0.15) is 0 Å². The van der Waals surface area contributed by atoms with E-state index in [1.807, 2.05) is 12.1 Å². The summed E-state index contributed by atoms with van der Waals surface area (Å²) in [6.07, 6.45) is -0.619. The van der Waals surface area contributed by atoms with Gasteiger partial charge in [0.05, 0.1) is 5.69 Å². The second-order valence-electron chi connectivity index (χ2n) is 7.87. The first-order valence-electron chi connectivity index (χ1n) is 10.8. The van der Waals surface area contributed by atoms with Gasteiger partial charge in [-0.1, -0.05) is 0 Å². The van der Waals surface area contributed by atoms with Crippen LogP contribution in [0.25, 0.3) is 11.3 Å². The fourth-order valence-corrected chi connectivity index (χ4v) is 3.89. The Kier molecular flexibility index (Phi) is 5.68. The number of piperazine rings is 1. The molecule has 2 aliphatic heterocycles. The van der Waals surface area contributed by atoms with Crippen LogP contribution in [0.15, 0.2) is 54.6 Å². The zero-order chi connectivity index (χ0) is 22.8. The van der Waals surface area contributed by atoms with Gasteiger partial charge in [0, 0.05) is 37.8 Å². The van der Waals surface area contributed by atoms with Crippen molar-refractivity contribution in [3.8, 4) is 28.5 Å². The number of ether oxygens (including phenoxy) is 3. The summed E-state index contributed by atoms with van der Waals surface area (Å²) in [4.78, 5) is 16.8. The average molecular weight is 450 g/mol. The first-order chi connectivity index (χ1) is 16.1. The molecule has 2 aromatic carbocycles. The Morgan fingerprint density at radius 2 is 1.73 bits per heavy atom. The van der Waals surface area contributed by atoms with Gasteiger partial charge >= 0.3 is 0 Å². The third kappa shape index (κ3) is 4.52. The molecular formula is C24H23FN4O4. The lowest BCUT2D eigenvalue weighted by molar-refractivity contribution is -0.138. The van der Waals surface area contributed by atoms with E-state index in [0.29, 0.717) is 49.1 Å². The Morgan fingerprint density at radius 1 is 0.970 bits per heavy atom. The molecule has 9 heteroatoms. The van der Waals surface area contributed by atoms with Crippen molar-refractivity contribution in [1.29, 1.82) is 0 Å². The van der Waals surface area contributed by atoms with Crippen LogP contribution >= 0.6 is 0 Å². The molecule has 1 amide bonds. The van der Waals surface area contributed by atoms with Crippen LogP contribution in [-0.4, -0.2) is 60.1 Å². The highest BCUT2D eigenvalue weighted by atomic mass is 19.1. The average Bonchev–Trinajstić information content (AvgIpc) is 3.32. The van der Waals surface area contributed by atoms with E-state index in [2.05, 4.69) is 15.1 Å². The molecule has 170 valence electrons. The molecule has 33 heavy (non-hydrogen) atoms. The third-order valence-corrected chi connectivity index (χ3v) is 5.71. The maximum absolute atomic E-state index is 13.1. The van der Waals surface area contributed by atoms with E-state index in [4.69, 9.17) is 14.2 Å². The van der Waals surface area contributed by atoms with Crippen LogP contribution in [0.1, 0.15) is 6.92 Å². The van der Waals surface area contributed by atoms with Crippen molar-refractivity contribution in [2.24, 2.45) is 0 Å². The predicted octanol–water partition coefficient (Wildman–Crippen LogP) is 3.13. The van der Waals surface area contributed by atoms with Gasteiger partial charge in [-0.25, -0.2) is 4.39 Å². The molecule has 3 heterocycles. The fraction of sp³-hybridized carbons (Fsp3) is 0.292. The quantitative estimate of drug-likeness (QED) is 0.591. The second-order valence-corrected chi connectivity index (χ2v) is 7.87. The number of hydrogen-bond donors (Lipinski definition) is 0. The minimum Gasteiger partial charge on any atom is -0.481 e. The molecule has 1 atom stereocenters. The Labute approximate surface area is 190 Å². The Morgan fingerprint density at radius 3 is 2.45 bits per heavy atom. The second kappa shape index (κ2) is 8.93. The molecule has 0 radical (unpaired) electrons. The maximum Gasteiger partial charge on any atom is 0.263 e. The minimum absolute atomic E-state index is 0.0648. The first-order valence-corrected chi connectivity index (χ1v) is 10.8. The summed E-state index contributed by atoms with van der Waals surface area (Å²) in [7, 11) is 0. The van der Waals surface area contributed by atoms with Gasteiger partial charge in [-0.05, 0) is 55.5 Å². The standard InChI is InChI=1S/C24H23FN4O4/c1-16(33-19-6-8-21-22(14-19)32-15-31-21)24(30)29-12-10-28(11-13-29)23-9-7-20(26-27-23)17-2-4-18(25)5-3-17/h2-9,14,16H,10-13,15H2,1H3. The summed E-state index contributed by atoms with van der Waals surface area (Å²) in [6, 6.07) is 15.2. The van der Waals surface area contributed by atoms with Crippen molar-refractivity contribution in [3.63, 3.8) is 0 Å². The largest absolute Gasteiger partial charge is 0.481 e. The van der Waals surface area contributed by atoms with Gasteiger partial charge in [-0.3, -0.25) is 4.79 Å². The summed E-state index contributed by atoms with van der Waals surface area (Å²) >= 11 is 0. The van der Waals surface area contributed by atoms with Crippen LogP contribution in [0.4, 0.5) is 10.2 Å². The van der Waals surface area contributed by atoms with E-state index in [9.17, 15) is 9.18 Å². The van der Waals surface area contributed by atoms with E-state index < -0.39 is 6.10 Å². The zero-order valence-corrected chi connectivity index (χ0v) is 18.1. The molecule has 1 unspecified atom stereocenters. The highest BCUT2D eigenvalue weighted by Crippen LogP contribution is 2.35. The van der Waals surface area contributed by atoms with Crippen LogP contribution in [0.3, 0.4) is 0 Å². The number of carbonyl (C=O) groups is 1. The summed E-state index contributed by atoms with van der Waals surface area (Å²) in [5.74, 6) is 2.25. The Bertz CT molecular complexity index is 1130. The summed E-state index contributed by atoms with van der Waals surface area (Å²) < 4.78 is 29.6. The number of hydrogen-bond acceptors (Lipinski definition) is 7. The molecule has 0 bridgehead atoms. The first kappa shape index (κ1) is 21.0. The highest BCUT2D eigenvalue weighted by molar-refractivity contribution is 5.81. The van der Waals surface area contributed by atoms with Crippen molar-refractivity contribution in [2.45, 2.75) is 13.0 Å². The number of halogens is 1. The van der Waals surface area contributed by atoms with Crippen LogP contribution in [0, 0.1) is 5.82 Å². The number of anilines is 1. The van der Waals surface area contributed by atoms with E-state index in [0.717, 1.165) is 11.4 Å². The molecule has 5 rings (SSSR count). The van der Waals surface area contributed by atoms with E-state index >= 15 is 0 Å². The lowest BCUT2D eigenvalue weighted by Gasteiger charge is -2.36. The van der Waals surface area contributed by atoms with Crippen molar-refractivity contribution in [2.75, 3.05) is 37.9 Å². The van der Waals surface area contributed by atoms with E-state index in [1.165, 1.54) is 12.1 Å². The van der Waals surface area contributed by atoms with Gasteiger partial charge in [0.15, 0.2) is 23.4 Å². The highest BCUT2D eigenvalue weighted by Gasteiger charge is 2.27. The number of rotatable bonds is 5. The minimum atomic E-state index is -0.619. The lowest BCUT2D eigenvalue weighted by Crippen LogP contribution is -2.52. The molecule has 8 nitrogen and oxygen atoms in total. The van der Waals surface area contributed by atoms with Gasteiger partial charge in [0.2, 0.25) is 6.79 Å².